The monoisotopic (exact) mass is 205 g/mol. The van der Waals surface area contributed by atoms with E-state index in [1.54, 1.807) is 7.05 Å². The Balaban J connectivity index is 2.69. The van der Waals surface area contributed by atoms with Gasteiger partial charge in [0.25, 0.3) is 0 Å². The first-order chi connectivity index (χ1) is 7.07. The molecule has 15 heavy (non-hydrogen) atoms. The van der Waals surface area contributed by atoms with E-state index < -0.39 is 5.41 Å². The van der Waals surface area contributed by atoms with Crippen molar-refractivity contribution >= 4 is 5.91 Å². The molecule has 0 N–H and O–H groups in total. The fraction of sp³-hybridized carbons (Fsp3) is 0.727. The average Bonchev–Trinajstić information content (AvgIpc) is 2.16. The summed E-state index contributed by atoms with van der Waals surface area (Å²) < 4.78 is 0. The van der Waals surface area contributed by atoms with Gasteiger partial charge in [-0.15, -0.1) is 0 Å². The Hall–Kier alpha value is -1.55. The van der Waals surface area contributed by atoms with E-state index in [0.29, 0.717) is 19.3 Å². The lowest BCUT2D eigenvalue weighted by molar-refractivity contribution is -0.143. The Morgan fingerprint density at radius 1 is 1.53 bits per heavy atom. The molecule has 1 saturated carbocycles. The predicted molar refractivity (Wildman–Crippen MR) is 54.4 cm³/mol. The minimum absolute atomic E-state index is 0.117. The highest BCUT2D eigenvalue weighted by Gasteiger charge is 2.46. The van der Waals surface area contributed by atoms with Crippen molar-refractivity contribution in [2.24, 2.45) is 5.41 Å². The standard InChI is InChI=1S/C11H15N3O/c1-9(4-7-12)14(2)10(15)11(8-13)5-3-6-11/h9H,3-6H2,1-2H3. The third kappa shape index (κ3) is 1.94. The second-order valence-corrected chi connectivity index (χ2v) is 4.17. The third-order valence-electron chi connectivity index (χ3n) is 3.20. The van der Waals surface area contributed by atoms with Gasteiger partial charge in [0.05, 0.1) is 18.6 Å². The SMILES string of the molecule is CC(CC#N)N(C)C(=O)C1(C#N)CCC1. The zero-order valence-corrected chi connectivity index (χ0v) is 9.16. The molecule has 1 aliphatic rings. The maximum Gasteiger partial charge on any atom is 0.243 e. The number of nitriles is 2. The van der Waals surface area contributed by atoms with E-state index in [1.807, 2.05) is 13.0 Å². The van der Waals surface area contributed by atoms with Gasteiger partial charge in [0.2, 0.25) is 5.91 Å². The molecule has 1 amide bonds. The maximum atomic E-state index is 12.0. The molecular formula is C11H15N3O. The van der Waals surface area contributed by atoms with Crippen LogP contribution in [0.1, 0.15) is 32.6 Å². The van der Waals surface area contributed by atoms with Crippen LogP contribution in [-0.2, 0) is 4.79 Å². The number of carbonyl (C=O) groups excluding carboxylic acids is 1. The van der Waals surface area contributed by atoms with Crippen LogP contribution in [-0.4, -0.2) is 23.9 Å². The molecule has 80 valence electrons. The summed E-state index contributed by atoms with van der Waals surface area (Å²) in [6.07, 6.45) is 2.57. The summed E-state index contributed by atoms with van der Waals surface area (Å²) in [5.74, 6) is -0.126. The van der Waals surface area contributed by atoms with Crippen LogP contribution >= 0.6 is 0 Å². The first-order valence-electron chi connectivity index (χ1n) is 5.13. The molecule has 0 aliphatic heterocycles. The van der Waals surface area contributed by atoms with Crippen molar-refractivity contribution in [3.8, 4) is 12.1 Å². The quantitative estimate of drug-likeness (QED) is 0.700. The van der Waals surface area contributed by atoms with Crippen molar-refractivity contribution in [3.63, 3.8) is 0 Å². The van der Waals surface area contributed by atoms with Gasteiger partial charge in [-0.3, -0.25) is 4.79 Å². The van der Waals surface area contributed by atoms with E-state index in [-0.39, 0.29) is 11.9 Å². The molecule has 0 aromatic heterocycles. The predicted octanol–water partition coefficient (Wildman–Crippen LogP) is 1.44. The zero-order valence-electron chi connectivity index (χ0n) is 9.16. The van der Waals surface area contributed by atoms with Crippen LogP contribution in [0.3, 0.4) is 0 Å². The van der Waals surface area contributed by atoms with Gasteiger partial charge < -0.3 is 4.90 Å². The van der Waals surface area contributed by atoms with Crippen LogP contribution < -0.4 is 0 Å². The largest absolute Gasteiger partial charge is 0.341 e. The minimum Gasteiger partial charge on any atom is -0.341 e. The molecule has 1 aliphatic carbocycles. The second-order valence-electron chi connectivity index (χ2n) is 4.17. The summed E-state index contributed by atoms with van der Waals surface area (Å²) in [5.41, 5.74) is -0.793. The summed E-state index contributed by atoms with van der Waals surface area (Å²) in [4.78, 5) is 13.5. The number of amides is 1. The lowest BCUT2D eigenvalue weighted by atomic mass is 9.69. The van der Waals surface area contributed by atoms with E-state index in [1.165, 1.54) is 4.90 Å². The van der Waals surface area contributed by atoms with E-state index >= 15 is 0 Å². The molecule has 0 heterocycles. The summed E-state index contributed by atoms with van der Waals surface area (Å²) in [6.45, 7) is 1.82. The van der Waals surface area contributed by atoms with E-state index in [4.69, 9.17) is 10.5 Å². The van der Waals surface area contributed by atoms with Crippen molar-refractivity contribution in [2.45, 2.75) is 38.6 Å². The lowest BCUT2D eigenvalue weighted by Crippen LogP contribution is -2.48. The van der Waals surface area contributed by atoms with Crippen molar-refractivity contribution in [3.05, 3.63) is 0 Å². The van der Waals surface area contributed by atoms with Gasteiger partial charge in [-0.2, -0.15) is 10.5 Å². The van der Waals surface area contributed by atoms with Crippen molar-refractivity contribution < 1.29 is 4.79 Å². The van der Waals surface area contributed by atoms with Crippen molar-refractivity contribution in [1.82, 2.24) is 4.90 Å². The van der Waals surface area contributed by atoms with Crippen LogP contribution in [0.4, 0.5) is 0 Å². The van der Waals surface area contributed by atoms with Gasteiger partial charge in [-0.1, -0.05) is 0 Å². The lowest BCUT2D eigenvalue weighted by Gasteiger charge is -2.38. The molecule has 1 rings (SSSR count). The highest BCUT2D eigenvalue weighted by atomic mass is 16.2. The first-order valence-corrected chi connectivity index (χ1v) is 5.13. The van der Waals surface area contributed by atoms with Gasteiger partial charge >= 0.3 is 0 Å². The van der Waals surface area contributed by atoms with Crippen LogP contribution in [0.2, 0.25) is 0 Å². The molecule has 0 saturated heterocycles. The maximum absolute atomic E-state index is 12.0. The summed E-state index contributed by atoms with van der Waals surface area (Å²) in [7, 11) is 1.67. The molecule has 4 heteroatoms. The fourth-order valence-electron chi connectivity index (χ4n) is 1.71. The highest BCUT2D eigenvalue weighted by Crippen LogP contribution is 2.41. The third-order valence-corrected chi connectivity index (χ3v) is 3.20. The normalized spacial score (nSPS) is 19.2. The van der Waals surface area contributed by atoms with Gasteiger partial charge in [0, 0.05) is 13.1 Å². The number of carbonyl (C=O) groups is 1. The van der Waals surface area contributed by atoms with Gasteiger partial charge in [-0.25, -0.2) is 0 Å². The molecule has 0 bridgehead atoms. The summed E-state index contributed by atoms with van der Waals surface area (Å²) in [6, 6.07) is 4.03. The van der Waals surface area contributed by atoms with E-state index in [0.717, 1.165) is 6.42 Å². The molecule has 0 aromatic carbocycles. The number of rotatable bonds is 3. The van der Waals surface area contributed by atoms with Gasteiger partial charge in [0.1, 0.15) is 5.41 Å². The summed E-state index contributed by atoms with van der Waals surface area (Å²) in [5, 5.41) is 17.6. The van der Waals surface area contributed by atoms with Gasteiger partial charge in [0.15, 0.2) is 0 Å². The minimum atomic E-state index is -0.793. The van der Waals surface area contributed by atoms with Crippen LogP contribution in [0.15, 0.2) is 0 Å². The van der Waals surface area contributed by atoms with Crippen molar-refractivity contribution in [2.75, 3.05) is 7.05 Å². The van der Waals surface area contributed by atoms with Crippen molar-refractivity contribution in [1.29, 1.82) is 10.5 Å². The van der Waals surface area contributed by atoms with Crippen LogP contribution in [0, 0.1) is 28.1 Å². The molecule has 0 aromatic rings. The smallest absolute Gasteiger partial charge is 0.243 e. The molecule has 1 fully saturated rings. The summed E-state index contributed by atoms with van der Waals surface area (Å²) >= 11 is 0. The highest BCUT2D eigenvalue weighted by molar-refractivity contribution is 5.86. The number of hydrogen-bond donors (Lipinski definition) is 0. The molecule has 1 atom stereocenters. The van der Waals surface area contributed by atoms with Crippen LogP contribution in [0.25, 0.3) is 0 Å². The Morgan fingerprint density at radius 2 is 2.13 bits per heavy atom. The number of nitrogens with zero attached hydrogens (tertiary/aromatic N) is 3. The van der Waals surface area contributed by atoms with Crippen LogP contribution in [0.5, 0.6) is 0 Å². The van der Waals surface area contributed by atoms with E-state index in [2.05, 4.69) is 6.07 Å². The Labute approximate surface area is 90.1 Å². The molecule has 0 radical (unpaired) electrons. The molecule has 4 nitrogen and oxygen atoms in total. The van der Waals surface area contributed by atoms with E-state index in [9.17, 15) is 4.79 Å². The Morgan fingerprint density at radius 3 is 2.47 bits per heavy atom. The zero-order chi connectivity index (χ0) is 11.5. The Bertz CT molecular complexity index is 333. The average molecular weight is 205 g/mol. The second kappa shape index (κ2) is 4.31. The molecule has 1 unspecified atom stereocenters. The Kier molecular flexibility index (Phi) is 3.31. The topological polar surface area (TPSA) is 67.9 Å². The first kappa shape index (κ1) is 11.5. The number of hydrogen-bond acceptors (Lipinski definition) is 3. The fourth-order valence-corrected chi connectivity index (χ4v) is 1.71. The van der Waals surface area contributed by atoms with Gasteiger partial charge in [-0.05, 0) is 26.2 Å². The molecule has 0 spiro atoms. The molecular weight excluding hydrogens is 190 g/mol.